The van der Waals surface area contributed by atoms with Gasteiger partial charge in [0.1, 0.15) is 18.4 Å². The van der Waals surface area contributed by atoms with E-state index in [1.165, 1.54) is 7.05 Å². The predicted molar refractivity (Wildman–Crippen MR) is 137 cm³/mol. The first-order valence-corrected chi connectivity index (χ1v) is 12.2. The number of carbonyl (C=O) groups is 1. The molecule has 5 rings (SSSR count). The van der Waals surface area contributed by atoms with Gasteiger partial charge in [0.15, 0.2) is 0 Å². The first-order chi connectivity index (χ1) is 17.3. The molecule has 0 saturated carbocycles. The van der Waals surface area contributed by atoms with Gasteiger partial charge in [-0.05, 0) is 28.7 Å². The van der Waals surface area contributed by atoms with Gasteiger partial charge >= 0.3 is 5.69 Å². The summed E-state index contributed by atoms with van der Waals surface area (Å²) in [5.74, 6) is -0.171. The molecule has 9 nitrogen and oxygen atoms in total. The average Bonchev–Trinajstić information content (AvgIpc) is 3.46. The molecule has 1 aliphatic rings. The maximum absolute atomic E-state index is 13.7. The van der Waals surface area contributed by atoms with Crippen LogP contribution in [-0.4, -0.2) is 49.0 Å². The Morgan fingerprint density at radius 1 is 1.14 bits per heavy atom. The largest absolute Gasteiger partial charge is 0.389 e. The van der Waals surface area contributed by atoms with Gasteiger partial charge in [0, 0.05) is 26.3 Å². The van der Waals surface area contributed by atoms with Crippen LogP contribution in [0.2, 0.25) is 0 Å². The number of amides is 1. The molecule has 1 amide bonds. The monoisotopic (exact) mass is 490 g/mol. The van der Waals surface area contributed by atoms with Gasteiger partial charge < -0.3 is 9.67 Å². The zero-order valence-electron chi connectivity index (χ0n) is 20.7. The summed E-state index contributed by atoms with van der Waals surface area (Å²) in [4.78, 5) is 45.6. The molecule has 2 aromatic heterocycles. The Hall–Kier alpha value is -3.69. The number of nitrogens with zero attached hydrogens (tertiary/aromatic N) is 4. The van der Waals surface area contributed by atoms with Crippen LogP contribution >= 0.6 is 0 Å². The molecule has 2 aromatic carbocycles. The van der Waals surface area contributed by atoms with E-state index in [2.05, 4.69) is 13.8 Å². The topological polar surface area (TPSA) is 98.7 Å². The number of aromatic nitrogens is 3. The predicted octanol–water partition coefficient (Wildman–Crippen LogP) is 2.50. The highest BCUT2D eigenvalue weighted by Gasteiger charge is 2.32. The van der Waals surface area contributed by atoms with Crippen LogP contribution < -0.4 is 11.2 Å². The van der Waals surface area contributed by atoms with Crippen molar-refractivity contribution in [1.82, 2.24) is 18.8 Å². The Morgan fingerprint density at radius 3 is 2.61 bits per heavy atom. The van der Waals surface area contributed by atoms with E-state index < -0.39 is 23.3 Å². The molecule has 1 N–H and O–H groups in total. The lowest BCUT2D eigenvalue weighted by molar-refractivity contribution is -0.0784. The van der Waals surface area contributed by atoms with Crippen LogP contribution in [0.4, 0.5) is 0 Å². The summed E-state index contributed by atoms with van der Waals surface area (Å²) in [6.07, 6.45) is 1.67. The molecule has 4 aromatic rings. The first kappa shape index (κ1) is 24.0. The van der Waals surface area contributed by atoms with E-state index in [0.717, 1.165) is 32.4 Å². The van der Waals surface area contributed by atoms with Crippen molar-refractivity contribution < 1.29 is 14.7 Å². The van der Waals surface area contributed by atoms with Crippen molar-refractivity contribution in [2.24, 2.45) is 13.0 Å². The Kier molecular flexibility index (Phi) is 6.27. The third-order valence-electron chi connectivity index (χ3n) is 6.76. The Morgan fingerprint density at radius 2 is 1.89 bits per heavy atom. The van der Waals surface area contributed by atoms with Crippen LogP contribution in [0.5, 0.6) is 0 Å². The van der Waals surface area contributed by atoms with Crippen LogP contribution in [0, 0.1) is 5.92 Å². The van der Waals surface area contributed by atoms with Crippen LogP contribution in [0.15, 0.2) is 58.3 Å². The van der Waals surface area contributed by atoms with Gasteiger partial charge in [-0.2, -0.15) is 0 Å². The molecule has 36 heavy (non-hydrogen) atoms. The minimum atomic E-state index is -0.797. The second kappa shape index (κ2) is 9.40. The number of aliphatic hydroxyl groups is 1. The van der Waals surface area contributed by atoms with Crippen LogP contribution in [0.1, 0.15) is 36.3 Å². The molecular weight excluding hydrogens is 460 g/mol. The second-order valence-corrected chi connectivity index (χ2v) is 9.80. The number of fused-ring (bicyclic) bond motifs is 2. The fourth-order valence-electron chi connectivity index (χ4n) is 4.80. The fourth-order valence-corrected chi connectivity index (χ4v) is 4.80. The van der Waals surface area contributed by atoms with Crippen molar-refractivity contribution in [3.05, 3.63) is 80.8 Å². The molecule has 0 spiro atoms. The number of hydrogen-bond acceptors (Lipinski definition) is 5. The van der Waals surface area contributed by atoms with Gasteiger partial charge in [0.25, 0.3) is 11.5 Å². The van der Waals surface area contributed by atoms with E-state index >= 15 is 0 Å². The maximum Gasteiger partial charge on any atom is 0.331 e. The molecular formula is C27H30N4O5. The van der Waals surface area contributed by atoms with Crippen LogP contribution in [0.3, 0.4) is 0 Å². The van der Waals surface area contributed by atoms with E-state index in [-0.39, 0.29) is 24.2 Å². The highest BCUT2D eigenvalue weighted by Crippen LogP contribution is 2.25. The minimum absolute atomic E-state index is 0.00477. The highest BCUT2D eigenvalue weighted by molar-refractivity contribution is 6.05. The molecule has 1 atom stereocenters. The van der Waals surface area contributed by atoms with Gasteiger partial charge in [0.05, 0.1) is 17.4 Å². The molecule has 9 heteroatoms. The highest BCUT2D eigenvalue weighted by atomic mass is 16.7. The minimum Gasteiger partial charge on any atom is -0.389 e. The smallest absolute Gasteiger partial charge is 0.331 e. The van der Waals surface area contributed by atoms with Gasteiger partial charge in [0.2, 0.25) is 0 Å². The van der Waals surface area contributed by atoms with Gasteiger partial charge in [-0.15, -0.1) is 0 Å². The molecule has 1 aliphatic heterocycles. The van der Waals surface area contributed by atoms with Crippen molar-refractivity contribution in [2.45, 2.75) is 39.5 Å². The summed E-state index contributed by atoms with van der Waals surface area (Å²) in [5, 5.41) is 13.3. The number of rotatable bonds is 6. The lowest BCUT2D eigenvalue weighted by Crippen LogP contribution is -2.39. The summed E-state index contributed by atoms with van der Waals surface area (Å²) < 4.78 is 4.36. The summed E-state index contributed by atoms with van der Waals surface area (Å²) in [7, 11) is 1.43. The first-order valence-electron chi connectivity index (χ1n) is 12.2. The number of hydrogen-bond donors (Lipinski definition) is 1. The van der Waals surface area contributed by atoms with E-state index in [1.54, 1.807) is 15.3 Å². The van der Waals surface area contributed by atoms with Gasteiger partial charge in [-0.25, -0.2) is 9.86 Å². The van der Waals surface area contributed by atoms with Crippen molar-refractivity contribution >= 4 is 27.6 Å². The third kappa shape index (κ3) is 4.14. The lowest BCUT2D eigenvalue weighted by Gasteiger charge is -2.17. The van der Waals surface area contributed by atoms with Gasteiger partial charge in [-0.1, -0.05) is 56.3 Å². The van der Waals surface area contributed by atoms with Gasteiger partial charge in [-0.3, -0.25) is 23.6 Å². The van der Waals surface area contributed by atoms with E-state index in [9.17, 15) is 19.5 Å². The van der Waals surface area contributed by atoms with E-state index in [1.807, 2.05) is 42.5 Å². The van der Waals surface area contributed by atoms with E-state index in [4.69, 9.17) is 4.84 Å². The summed E-state index contributed by atoms with van der Waals surface area (Å²) >= 11 is 0. The summed E-state index contributed by atoms with van der Waals surface area (Å²) in [6, 6.07) is 13.9. The molecule has 1 fully saturated rings. The number of aliphatic hydroxyl groups excluding tert-OH is 1. The molecule has 0 radical (unpaired) electrons. The number of hydroxylamine groups is 2. The van der Waals surface area contributed by atoms with Crippen LogP contribution in [0.25, 0.3) is 21.7 Å². The number of benzene rings is 2. The third-order valence-corrected chi connectivity index (χ3v) is 6.76. The Bertz CT molecular complexity index is 1570. The zero-order chi connectivity index (χ0) is 25.6. The number of β-amino-alcohol motifs (C(OH)–C–C–N with tert-alkyl or cyclic N) is 1. The molecule has 3 heterocycles. The zero-order valence-corrected chi connectivity index (χ0v) is 20.7. The quantitative estimate of drug-likeness (QED) is 0.448. The molecule has 1 saturated heterocycles. The van der Waals surface area contributed by atoms with Crippen molar-refractivity contribution in [3.8, 4) is 0 Å². The summed E-state index contributed by atoms with van der Waals surface area (Å²) in [6.45, 7) is 4.89. The standard InChI is InChI=1S/C27H30N4O5/c1-17(2)11-12-30-22-15-29(13-19-9-6-8-18-7-4-5-10-21(18)19)24(23(22)25(33)28(3)27(30)35)26(34)31-14-20(32)16-36-31/h4-10,15,17,20,32H,11-14,16H2,1-3H3/t20-/m0/s1. The molecule has 188 valence electrons. The van der Waals surface area contributed by atoms with Crippen molar-refractivity contribution in [1.29, 1.82) is 0 Å². The lowest BCUT2D eigenvalue weighted by atomic mass is 10.0. The normalized spacial score (nSPS) is 16.0. The SMILES string of the molecule is CC(C)CCn1c(=O)n(C)c(=O)c2c(C(=O)N3C[C@H](O)CO3)n(Cc3cccc4ccccc34)cc21. The maximum atomic E-state index is 13.7. The van der Waals surface area contributed by atoms with Crippen molar-refractivity contribution in [3.63, 3.8) is 0 Å². The molecule has 0 unspecified atom stereocenters. The Labute approximate surface area is 207 Å². The van der Waals surface area contributed by atoms with Crippen LogP contribution in [-0.2, 0) is 25.0 Å². The molecule has 0 bridgehead atoms. The van der Waals surface area contributed by atoms with E-state index in [0.29, 0.717) is 24.5 Å². The number of carbonyl (C=O) groups excluding carboxylic acids is 1. The molecule has 0 aliphatic carbocycles. The number of aryl methyl sites for hydroxylation is 1. The average molecular weight is 491 g/mol. The Balaban J connectivity index is 1.75. The second-order valence-electron chi connectivity index (χ2n) is 9.80. The van der Waals surface area contributed by atoms with Crippen molar-refractivity contribution in [2.75, 3.05) is 13.2 Å². The fraction of sp³-hybridized carbons (Fsp3) is 0.370. The summed E-state index contributed by atoms with van der Waals surface area (Å²) in [5.41, 5.74) is 0.591.